The molecular formula is C13H15NO2. The van der Waals surface area contributed by atoms with Gasteiger partial charge in [-0.25, -0.2) is 0 Å². The number of hydrogen-bond donors (Lipinski definition) is 0. The maximum Gasteiger partial charge on any atom is 0.147 e. The zero-order valence-corrected chi connectivity index (χ0v) is 9.45. The topological polar surface area (TPSA) is 43.1 Å². The van der Waals surface area contributed by atoms with E-state index in [0.717, 1.165) is 17.9 Å². The fraction of sp³-hybridized carbons (Fsp3) is 0.538. The first-order valence-corrected chi connectivity index (χ1v) is 5.93. The summed E-state index contributed by atoms with van der Waals surface area (Å²) in [6.45, 7) is 1.99. The number of ketones is 1. The monoisotopic (exact) mass is 217 g/mol. The largest absolute Gasteiger partial charge is 0.360 e. The fourth-order valence-electron chi connectivity index (χ4n) is 2.34. The third-order valence-electron chi connectivity index (χ3n) is 3.41. The van der Waals surface area contributed by atoms with E-state index in [1.165, 1.54) is 24.0 Å². The van der Waals surface area contributed by atoms with Crippen molar-refractivity contribution in [2.45, 2.75) is 44.9 Å². The van der Waals surface area contributed by atoms with Gasteiger partial charge in [-0.15, -0.1) is 0 Å². The number of aromatic nitrogens is 1. The van der Waals surface area contributed by atoms with Crippen molar-refractivity contribution in [1.82, 2.24) is 5.16 Å². The molecule has 3 rings (SSSR count). The highest BCUT2D eigenvalue weighted by Crippen LogP contribution is 2.45. The normalized spacial score (nSPS) is 21.1. The number of carbonyl (C=O) groups is 1. The summed E-state index contributed by atoms with van der Waals surface area (Å²) in [7, 11) is 0. The van der Waals surface area contributed by atoms with Crippen LogP contribution in [-0.2, 0) is 4.79 Å². The smallest absolute Gasteiger partial charge is 0.147 e. The molecule has 2 aliphatic carbocycles. The molecule has 0 spiro atoms. The van der Waals surface area contributed by atoms with E-state index in [1.54, 1.807) is 0 Å². The average Bonchev–Trinajstić information content (AvgIpc) is 3.05. The Morgan fingerprint density at radius 2 is 2.19 bits per heavy atom. The van der Waals surface area contributed by atoms with Crippen LogP contribution < -0.4 is 0 Å². The molecule has 1 aromatic rings. The first-order chi connectivity index (χ1) is 7.75. The Morgan fingerprint density at radius 3 is 2.81 bits per heavy atom. The molecule has 16 heavy (non-hydrogen) atoms. The molecular weight excluding hydrogens is 202 g/mol. The second-order valence-corrected chi connectivity index (χ2v) is 4.75. The van der Waals surface area contributed by atoms with Gasteiger partial charge in [0.1, 0.15) is 11.5 Å². The van der Waals surface area contributed by atoms with Crippen LogP contribution in [-0.4, -0.2) is 10.9 Å². The van der Waals surface area contributed by atoms with Crippen molar-refractivity contribution in [3.05, 3.63) is 23.1 Å². The Labute approximate surface area is 94.5 Å². The van der Waals surface area contributed by atoms with E-state index >= 15 is 0 Å². The van der Waals surface area contributed by atoms with Crippen LogP contribution in [0.4, 0.5) is 0 Å². The predicted octanol–water partition coefficient (Wildman–Crippen LogP) is 3.00. The highest BCUT2D eigenvalue weighted by Gasteiger charge is 2.32. The molecule has 0 bridgehead atoms. The van der Waals surface area contributed by atoms with Crippen LogP contribution in [0.5, 0.6) is 0 Å². The second kappa shape index (κ2) is 3.58. The van der Waals surface area contributed by atoms with E-state index in [4.69, 9.17) is 4.52 Å². The molecule has 0 aromatic carbocycles. The van der Waals surface area contributed by atoms with Crippen LogP contribution >= 0.6 is 0 Å². The third kappa shape index (κ3) is 1.60. The van der Waals surface area contributed by atoms with Crippen molar-refractivity contribution in [2.24, 2.45) is 0 Å². The molecule has 1 saturated carbocycles. The average molecular weight is 217 g/mol. The lowest BCUT2D eigenvalue weighted by Crippen LogP contribution is -2.04. The highest BCUT2D eigenvalue weighted by atomic mass is 16.5. The summed E-state index contributed by atoms with van der Waals surface area (Å²) in [6, 6.07) is 0. The Morgan fingerprint density at radius 1 is 1.38 bits per heavy atom. The molecule has 1 heterocycles. The lowest BCUT2D eigenvalue weighted by molar-refractivity contribution is -0.118. The predicted molar refractivity (Wildman–Crippen MR) is 60.1 cm³/mol. The van der Waals surface area contributed by atoms with Gasteiger partial charge in [-0.2, -0.15) is 0 Å². The number of hydrogen-bond acceptors (Lipinski definition) is 3. The molecule has 0 aliphatic heterocycles. The van der Waals surface area contributed by atoms with Gasteiger partial charge in [0.15, 0.2) is 0 Å². The van der Waals surface area contributed by atoms with Crippen LogP contribution in [0.25, 0.3) is 5.57 Å². The molecule has 84 valence electrons. The highest BCUT2D eigenvalue weighted by molar-refractivity contribution is 5.87. The standard InChI is InChI=1S/C13H15NO2/c1-8-12(9-4-6-11(15)7-5-9)13(16-14-8)10-2-3-10/h4,10H,2-3,5-7H2,1H3. The van der Waals surface area contributed by atoms with Crippen LogP contribution in [0, 0.1) is 6.92 Å². The molecule has 3 heteroatoms. The Kier molecular flexibility index (Phi) is 2.20. The van der Waals surface area contributed by atoms with Crippen molar-refractivity contribution in [3.8, 4) is 0 Å². The molecule has 0 unspecified atom stereocenters. The lowest BCUT2D eigenvalue weighted by atomic mass is 9.91. The first-order valence-electron chi connectivity index (χ1n) is 5.93. The number of carbonyl (C=O) groups excluding carboxylic acids is 1. The Hall–Kier alpha value is -1.38. The van der Waals surface area contributed by atoms with Crippen molar-refractivity contribution in [1.29, 1.82) is 0 Å². The van der Waals surface area contributed by atoms with Crippen molar-refractivity contribution < 1.29 is 9.32 Å². The Bertz CT molecular complexity index is 466. The van der Waals surface area contributed by atoms with E-state index < -0.39 is 0 Å². The molecule has 2 aliphatic rings. The van der Waals surface area contributed by atoms with Crippen LogP contribution in [0.1, 0.15) is 55.0 Å². The number of nitrogens with zero attached hydrogens (tertiary/aromatic N) is 1. The van der Waals surface area contributed by atoms with E-state index in [-0.39, 0.29) is 0 Å². The van der Waals surface area contributed by atoms with E-state index in [9.17, 15) is 4.79 Å². The summed E-state index contributed by atoms with van der Waals surface area (Å²) < 4.78 is 5.42. The van der Waals surface area contributed by atoms with Crippen molar-refractivity contribution in [2.75, 3.05) is 0 Å². The number of rotatable bonds is 2. The van der Waals surface area contributed by atoms with Gasteiger partial charge < -0.3 is 4.52 Å². The first kappa shape index (κ1) is 9.82. The summed E-state index contributed by atoms with van der Waals surface area (Å²) in [5.41, 5.74) is 3.43. The zero-order valence-electron chi connectivity index (χ0n) is 9.45. The molecule has 0 N–H and O–H groups in total. The number of Topliss-reactive ketones (excluding diaryl/α,β-unsaturated/α-hetero) is 1. The van der Waals surface area contributed by atoms with Gasteiger partial charge in [-0.1, -0.05) is 11.2 Å². The fourth-order valence-corrected chi connectivity index (χ4v) is 2.34. The van der Waals surface area contributed by atoms with Gasteiger partial charge in [0.05, 0.1) is 5.69 Å². The third-order valence-corrected chi connectivity index (χ3v) is 3.41. The maximum absolute atomic E-state index is 11.2. The maximum atomic E-state index is 11.2. The molecule has 0 amide bonds. The zero-order chi connectivity index (χ0) is 11.1. The minimum Gasteiger partial charge on any atom is -0.360 e. The van der Waals surface area contributed by atoms with Gasteiger partial charge in [-0.3, -0.25) is 4.79 Å². The molecule has 0 radical (unpaired) electrons. The number of allylic oxidation sites excluding steroid dienone is 2. The molecule has 0 atom stereocenters. The van der Waals surface area contributed by atoms with Crippen molar-refractivity contribution in [3.63, 3.8) is 0 Å². The minimum atomic E-state index is 0.339. The molecule has 3 nitrogen and oxygen atoms in total. The summed E-state index contributed by atoms with van der Waals surface area (Å²) in [5.74, 6) is 1.97. The van der Waals surface area contributed by atoms with Gasteiger partial charge in [-0.05, 0) is 31.8 Å². The summed E-state index contributed by atoms with van der Waals surface area (Å²) in [6.07, 6.45) is 6.57. The summed E-state index contributed by atoms with van der Waals surface area (Å²) in [5, 5.41) is 4.07. The van der Waals surface area contributed by atoms with E-state index in [0.29, 0.717) is 24.5 Å². The summed E-state index contributed by atoms with van der Waals surface area (Å²) in [4.78, 5) is 11.2. The molecule has 1 aromatic heterocycles. The van der Waals surface area contributed by atoms with E-state index in [2.05, 4.69) is 11.2 Å². The Balaban J connectivity index is 1.98. The number of aryl methyl sites for hydroxylation is 1. The lowest BCUT2D eigenvalue weighted by Gasteiger charge is -2.12. The van der Waals surface area contributed by atoms with Crippen molar-refractivity contribution >= 4 is 11.4 Å². The van der Waals surface area contributed by atoms with Gasteiger partial charge in [0.25, 0.3) is 0 Å². The van der Waals surface area contributed by atoms with Gasteiger partial charge in [0.2, 0.25) is 0 Å². The second-order valence-electron chi connectivity index (χ2n) is 4.75. The molecule has 1 fully saturated rings. The summed E-state index contributed by atoms with van der Waals surface area (Å²) >= 11 is 0. The van der Waals surface area contributed by atoms with Crippen LogP contribution in [0.15, 0.2) is 10.6 Å². The van der Waals surface area contributed by atoms with Crippen LogP contribution in [0.2, 0.25) is 0 Å². The van der Waals surface area contributed by atoms with Gasteiger partial charge >= 0.3 is 0 Å². The van der Waals surface area contributed by atoms with E-state index in [1.807, 2.05) is 6.92 Å². The SMILES string of the molecule is Cc1noc(C2CC2)c1C1=CCC(=O)CC1. The van der Waals surface area contributed by atoms with Gasteiger partial charge in [0, 0.05) is 24.3 Å². The quantitative estimate of drug-likeness (QED) is 0.764. The molecule has 0 saturated heterocycles. The minimum absolute atomic E-state index is 0.339. The van der Waals surface area contributed by atoms with Crippen LogP contribution in [0.3, 0.4) is 0 Å².